The molecule has 0 aliphatic carbocycles. The number of hydrogen-bond acceptors (Lipinski definition) is 8. The molecule has 0 radical (unpaired) electrons. The van der Waals surface area contributed by atoms with Gasteiger partial charge < -0.3 is 24.3 Å². The molecule has 2 aliphatic rings. The number of likely N-dealkylation sites (N-methyl/N-ethyl adjacent to an activating group) is 3. The predicted octanol–water partition coefficient (Wildman–Crippen LogP) is 5.40. The highest BCUT2D eigenvalue weighted by Crippen LogP contribution is 2.38. The highest BCUT2D eigenvalue weighted by atomic mass is 35.5. The average molecular weight is 650 g/mol. The van der Waals surface area contributed by atoms with Crippen LogP contribution in [0.4, 0.5) is 14.6 Å². The van der Waals surface area contributed by atoms with Crippen molar-refractivity contribution in [3.05, 3.63) is 65.3 Å². The minimum absolute atomic E-state index is 0.00142. The second-order valence-corrected chi connectivity index (χ2v) is 12.7. The molecule has 2 fully saturated rings. The van der Waals surface area contributed by atoms with Crippen molar-refractivity contribution in [3.63, 3.8) is 0 Å². The van der Waals surface area contributed by atoms with Gasteiger partial charge in [0.1, 0.15) is 29.5 Å². The molecule has 0 N–H and O–H groups in total. The van der Waals surface area contributed by atoms with Crippen LogP contribution >= 0.6 is 11.6 Å². The first-order valence-electron chi connectivity index (χ1n) is 15.5. The fraction of sp³-hybridized carbons (Fsp3) is 0.412. The Balaban J connectivity index is 1.38. The Morgan fingerprint density at radius 1 is 1.13 bits per heavy atom. The predicted molar refractivity (Wildman–Crippen MR) is 177 cm³/mol. The SMILES string of the molecule is CN(C)C/C=C/C(=O)N1CC[C@@H](N(C)c2nc(OC[C@@H]3CCCN3C)nc3c(F)c(-c4cccc5ccc(F)c(Cl)c45)ncc23)C1. The molecule has 2 atom stereocenters. The number of pyridine rings is 1. The van der Waals surface area contributed by atoms with E-state index in [9.17, 15) is 9.18 Å². The summed E-state index contributed by atoms with van der Waals surface area (Å²) < 4.78 is 37.3. The molecule has 0 saturated carbocycles. The van der Waals surface area contributed by atoms with E-state index in [1.54, 1.807) is 36.5 Å². The number of carbonyl (C=O) groups excluding carboxylic acids is 1. The first-order chi connectivity index (χ1) is 22.1. The van der Waals surface area contributed by atoms with E-state index in [-0.39, 0.29) is 40.2 Å². The lowest BCUT2D eigenvalue weighted by atomic mass is 10.0. The number of aromatic nitrogens is 3. The third kappa shape index (κ3) is 6.36. The van der Waals surface area contributed by atoms with Crippen LogP contribution in [0.1, 0.15) is 19.3 Å². The van der Waals surface area contributed by atoms with E-state index in [0.29, 0.717) is 60.2 Å². The largest absolute Gasteiger partial charge is 0.462 e. The van der Waals surface area contributed by atoms with E-state index < -0.39 is 11.6 Å². The van der Waals surface area contributed by atoms with Gasteiger partial charge in [-0.25, -0.2) is 8.78 Å². The molecule has 46 heavy (non-hydrogen) atoms. The van der Waals surface area contributed by atoms with Crippen molar-refractivity contribution in [1.82, 2.24) is 29.7 Å². The molecule has 6 rings (SSSR count). The van der Waals surface area contributed by atoms with Gasteiger partial charge in [-0.05, 0) is 58.4 Å². The van der Waals surface area contributed by atoms with Gasteiger partial charge in [-0.3, -0.25) is 9.78 Å². The molecule has 2 aliphatic heterocycles. The number of likely N-dealkylation sites (tertiary alicyclic amines) is 2. The molecule has 4 aromatic rings. The Morgan fingerprint density at radius 3 is 2.72 bits per heavy atom. The van der Waals surface area contributed by atoms with E-state index in [4.69, 9.17) is 21.3 Å². The monoisotopic (exact) mass is 649 g/mol. The summed E-state index contributed by atoms with van der Waals surface area (Å²) in [5.41, 5.74) is 0.400. The van der Waals surface area contributed by atoms with Crippen LogP contribution in [0.3, 0.4) is 0 Å². The molecule has 0 bridgehead atoms. The van der Waals surface area contributed by atoms with Gasteiger partial charge in [0.15, 0.2) is 5.82 Å². The molecular weight excluding hydrogens is 612 g/mol. The minimum atomic E-state index is -0.681. The summed E-state index contributed by atoms with van der Waals surface area (Å²) in [5, 5.41) is 1.34. The van der Waals surface area contributed by atoms with Crippen LogP contribution in [0.25, 0.3) is 32.9 Å². The van der Waals surface area contributed by atoms with Crippen molar-refractivity contribution < 1.29 is 18.3 Å². The Morgan fingerprint density at radius 2 is 1.96 bits per heavy atom. The van der Waals surface area contributed by atoms with Crippen LogP contribution in [-0.2, 0) is 4.79 Å². The maximum Gasteiger partial charge on any atom is 0.319 e. The number of hydrogen-bond donors (Lipinski definition) is 0. The fourth-order valence-corrected chi connectivity index (χ4v) is 6.59. The van der Waals surface area contributed by atoms with Gasteiger partial charge in [0.05, 0.1) is 10.4 Å². The number of fused-ring (bicyclic) bond motifs is 2. The number of amides is 1. The van der Waals surface area contributed by atoms with Crippen LogP contribution in [0, 0.1) is 11.6 Å². The molecule has 1 amide bonds. The molecule has 2 aromatic heterocycles. The van der Waals surface area contributed by atoms with E-state index in [1.807, 2.05) is 41.9 Å². The van der Waals surface area contributed by atoms with Gasteiger partial charge in [-0.1, -0.05) is 41.9 Å². The summed E-state index contributed by atoms with van der Waals surface area (Å²) in [6.45, 7) is 3.11. The lowest BCUT2D eigenvalue weighted by Crippen LogP contribution is -2.37. The van der Waals surface area contributed by atoms with E-state index in [1.165, 1.54) is 6.07 Å². The lowest BCUT2D eigenvalue weighted by molar-refractivity contribution is -0.125. The first-order valence-corrected chi connectivity index (χ1v) is 15.9. The Kier molecular flexibility index (Phi) is 9.35. The number of nitrogens with zero attached hydrogens (tertiary/aromatic N) is 7. The Labute approximate surface area is 272 Å². The Bertz CT molecular complexity index is 1800. The quantitative estimate of drug-likeness (QED) is 0.223. The summed E-state index contributed by atoms with van der Waals surface area (Å²) in [6, 6.07) is 8.31. The van der Waals surface area contributed by atoms with Gasteiger partial charge >= 0.3 is 6.01 Å². The first kappa shape index (κ1) is 32.0. The number of anilines is 1. The van der Waals surface area contributed by atoms with Gasteiger partial charge in [0.25, 0.3) is 0 Å². The smallest absolute Gasteiger partial charge is 0.319 e. The second kappa shape index (κ2) is 13.4. The second-order valence-electron chi connectivity index (χ2n) is 12.4. The van der Waals surface area contributed by atoms with Crippen molar-refractivity contribution in [2.24, 2.45) is 0 Å². The van der Waals surface area contributed by atoms with Crippen molar-refractivity contribution in [2.45, 2.75) is 31.3 Å². The normalized spacial score (nSPS) is 18.9. The van der Waals surface area contributed by atoms with Crippen LogP contribution in [-0.4, -0.2) is 109 Å². The summed E-state index contributed by atoms with van der Waals surface area (Å²) >= 11 is 6.39. The molecule has 9 nitrogen and oxygen atoms in total. The van der Waals surface area contributed by atoms with Crippen molar-refractivity contribution >= 4 is 45.0 Å². The van der Waals surface area contributed by atoms with Gasteiger partial charge in [0, 0.05) is 62.0 Å². The number of rotatable bonds is 9. The zero-order valence-corrected chi connectivity index (χ0v) is 27.3. The summed E-state index contributed by atoms with van der Waals surface area (Å²) in [4.78, 5) is 34.7. The Hall–Kier alpha value is -3.93. The minimum Gasteiger partial charge on any atom is -0.462 e. The van der Waals surface area contributed by atoms with E-state index >= 15 is 4.39 Å². The topological polar surface area (TPSA) is 77.9 Å². The third-order valence-corrected chi connectivity index (χ3v) is 9.37. The number of halogens is 3. The molecule has 0 spiro atoms. The van der Waals surface area contributed by atoms with Crippen molar-refractivity contribution in [3.8, 4) is 17.3 Å². The van der Waals surface area contributed by atoms with Crippen molar-refractivity contribution in [2.75, 3.05) is 65.9 Å². The number of benzene rings is 2. The van der Waals surface area contributed by atoms with Crippen LogP contribution in [0.5, 0.6) is 6.01 Å². The molecule has 242 valence electrons. The molecule has 0 unspecified atom stereocenters. The van der Waals surface area contributed by atoms with Crippen molar-refractivity contribution in [1.29, 1.82) is 0 Å². The molecule has 2 aromatic carbocycles. The van der Waals surface area contributed by atoms with Crippen LogP contribution in [0.2, 0.25) is 5.02 Å². The third-order valence-electron chi connectivity index (χ3n) is 9.00. The molecular formula is C34H38ClF2N7O2. The maximum atomic E-state index is 16.6. The zero-order chi connectivity index (χ0) is 32.5. The van der Waals surface area contributed by atoms with E-state index in [2.05, 4.69) is 21.9 Å². The molecule has 4 heterocycles. The van der Waals surface area contributed by atoms with Crippen LogP contribution in [0.15, 0.2) is 48.7 Å². The summed E-state index contributed by atoms with van der Waals surface area (Å²) in [7, 11) is 7.84. The fourth-order valence-electron chi connectivity index (χ4n) is 6.31. The lowest BCUT2D eigenvalue weighted by Gasteiger charge is -2.27. The van der Waals surface area contributed by atoms with Gasteiger partial charge in [-0.15, -0.1) is 0 Å². The van der Waals surface area contributed by atoms with Crippen LogP contribution < -0.4 is 9.64 Å². The molecule has 2 saturated heterocycles. The summed E-state index contributed by atoms with van der Waals surface area (Å²) in [5.74, 6) is -0.863. The summed E-state index contributed by atoms with van der Waals surface area (Å²) in [6.07, 6.45) is 7.80. The standard InChI is InChI=1S/C34H38ClF2N7O2/c1-41(2)15-7-11-27(45)44-17-14-22(19-44)43(4)33-25-18-38-31(24-10-5-8-21-12-13-26(36)29(35)28(21)24)30(37)32(25)39-34(40-33)46-20-23-9-6-16-42(23)3/h5,7-8,10-13,18,22-23H,6,9,14-17,19-20H2,1-4H3/b11-7+/t22-,23+/m1/s1. The number of carbonyl (C=O) groups is 1. The average Bonchev–Trinajstić information content (AvgIpc) is 3.70. The van der Waals surface area contributed by atoms with E-state index in [0.717, 1.165) is 19.4 Å². The molecule has 12 heteroatoms. The van der Waals surface area contributed by atoms with Gasteiger partial charge in [0.2, 0.25) is 5.91 Å². The van der Waals surface area contributed by atoms with Gasteiger partial charge in [-0.2, -0.15) is 9.97 Å². The highest BCUT2D eigenvalue weighted by molar-refractivity contribution is 6.36. The maximum absolute atomic E-state index is 16.6. The number of ether oxygens (including phenoxy) is 1. The zero-order valence-electron chi connectivity index (χ0n) is 26.5. The highest BCUT2D eigenvalue weighted by Gasteiger charge is 2.31.